The Morgan fingerprint density at radius 1 is 1.20 bits per heavy atom. The predicted molar refractivity (Wildman–Crippen MR) is 64.2 cm³/mol. The molecular weight excluding hydrogens is 184 g/mol. The minimum Gasteiger partial charge on any atom is -0.334 e. The standard InChI is InChI=1S/C13H18N2/c1-9-6-12-11(14-8-15(12)5)7-10(9)13(2,3)4/h6-8H,1-5H3. The second kappa shape index (κ2) is 3.09. The summed E-state index contributed by atoms with van der Waals surface area (Å²) < 4.78 is 2.06. The first kappa shape index (κ1) is 10.2. The van der Waals surface area contributed by atoms with Crippen molar-refractivity contribution in [3.8, 4) is 0 Å². The molecule has 0 unspecified atom stereocenters. The first-order valence-corrected chi connectivity index (χ1v) is 5.32. The third kappa shape index (κ3) is 1.65. The molecule has 1 heterocycles. The number of nitrogens with zero attached hydrogens (tertiary/aromatic N) is 2. The lowest BCUT2D eigenvalue weighted by molar-refractivity contribution is 0.587. The zero-order chi connectivity index (χ0) is 11.2. The molecule has 0 radical (unpaired) electrons. The van der Waals surface area contributed by atoms with Crippen LogP contribution in [0.4, 0.5) is 0 Å². The fourth-order valence-corrected chi connectivity index (χ4v) is 2.09. The molecule has 0 aliphatic rings. The number of benzene rings is 1. The lowest BCUT2D eigenvalue weighted by Crippen LogP contribution is -2.13. The molecule has 0 saturated heterocycles. The normalized spacial score (nSPS) is 12.3. The number of aromatic nitrogens is 2. The second-order valence-electron chi connectivity index (χ2n) is 5.26. The summed E-state index contributed by atoms with van der Waals surface area (Å²) in [5, 5.41) is 0. The molecule has 1 aromatic heterocycles. The number of imidazole rings is 1. The Labute approximate surface area is 90.9 Å². The fraction of sp³-hybridized carbons (Fsp3) is 0.462. The SMILES string of the molecule is Cc1cc2c(cc1C(C)(C)C)ncn2C. The zero-order valence-corrected chi connectivity index (χ0v) is 10.1. The highest BCUT2D eigenvalue weighted by molar-refractivity contribution is 5.77. The molecule has 0 N–H and O–H groups in total. The summed E-state index contributed by atoms with van der Waals surface area (Å²) >= 11 is 0. The van der Waals surface area contributed by atoms with Crippen molar-refractivity contribution in [3.05, 3.63) is 29.6 Å². The molecule has 2 heteroatoms. The summed E-state index contributed by atoms with van der Waals surface area (Å²) in [6.07, 6.45) is 1.87. The van der Waals surface area contributed by atoms with Gasteiger partial charge in [-0.05, 0) is 35.6 Å². The molecule has 80 valence electrons. The molecule has 0 saturated carbocycles. The molecular formula is C13H18N2. The molecule has 2 nitrogen and oxygen atoms in total. The summed E-state index contributed by atoms with van der Waals surface area (Å²) in [5.74, 6) is 0. The van der Waals surface area contributed by atoms with E-state index in [-0.39, 0.29) is 5.41 Å². The van der Waals surface area contributed by atoms with Crippen LogP contribution in [0.1, 0.15) is 31.9 Å². The number of rotatable bonds is 0. The van der Waals surface area contributed by atoms with Gasteiger partial charge in [0.2, 0.25) is 0 Å². The van der Waals surface area contributed by atoms with Crippen molar-refractivity contribution in [2.75, 3.05) is 0 Å². The maximum Gasteiger partial charge on any atom is 0.0955 e. The van der Waals surface area contributed by atoms with Crippen molar-refractivity contribution in [3.63, 3.8) is 0 Å². The van der Waals surface area contributed by atoms with E-state index in [1.54, 1.807) is 0 Å². The van der Waals surface area contributed by atoms with Gasteiger partial charge in [0, 0.05) is 7.05 Å². The Bertz CT molecular complexity index is 501. The lowest BCUT2D eigenvalue weighted by Gasteiger charge is -2.21. The summed E-state index contributed by atoms with van der Waals surface area (Å²) in [5.41, 5.74) is 5.22. The van der Waals surface area contributed by atoms with Crippen LogP contribution in [-0.4, -0.2) is 9.55 Å². The molecule has 0 amide bonds. The van der Waals surface area contributed by atoms with E-state index in [4.69, 9.17) is 0 Å². The van der Waals surface area contributed by atoms with Crippen molar-refractivity contribution in [2.24, 2.45) is 7.05 Å². The van der Waals surface area contributed by atoms with E-state index in [1.807, 2.05) is 13.4 Å². The zero-order valence-electron chi connectivity index (χ0n) is 10.1. The maximum atomic E-state index is 4.40. The molecule has 0 atom stereocenters. The number of fused-ring (bicyclic) bond motifs is 1. The van der Waals surface area contributed by atoms with Gasteiger partial charge in [-0.15, -0.1) is 0 Å². The van der Waals surface area contributed by atoms with Gasteiger partial charge < -0.3 is 4.57 Å². The van der Waals surface area contributed by atoms with Crippen LogP contribution in [0.15, 0.2) is 18.5 Å². The van der Waals surface area contributed by atoms with Crippen molar-refractivity contribution in [1.82, 2.24) is 9.55 Å². The quantitative estimate of drug-likeness (QED) is 0.641. The van der Waals surface area contributed by atoms with Gasteiger partial charge in [-0.25, -0.2) is 4.98 Å². The van der Waals surface area contributed by atoms with Gasteiger partial charge in [0.15, 0.2) is 0 Å². The fourth-order valence-electron chi connectivity index (χ4n) is 2.09. The molecule has 2 aromatic rings. The van der Waals surface area contributed by atoms with Crippen LogP contribution in [0.5, 0.6) is 0 Å². The monoisotopic (exact) mass is 202 g/mol. The van der Waals surface area contributed by atoms with Gasteiger partial charge in [-0.3, -0.25) is 0 Å². The van der Waals surface area contributed by atoms with E-state index in [9.17, 15) is 0 Å². The summed E-state index contributed by atoms with van der Waals surface area (Å²) in [4.78, 5) is 4.40. The molecule has 0 spiro atoms. The van der Waals surface area contributed by atoms with Gasteiger partial charge >= 0.3 is 0 Å². The number of hydrogen-bond donors (Lipinski definition) is 0. The van der Waals surface area contributed by atoms with Crippen LogP contribution in [0.2, 0.25) is 0 Å². The molecule has 2 rings (SSSR count). The first-order valence-electron chi connectivity index (χ1n) is 5.32. The number of aryl methyl sites for hydroxylation is 2. The van der Waals surface area contributed by atoms with Gasteiger partial charge in [0.1, 0.15) is 0 Å². The number of hydrogen-bond acceptors (Lipinski definition) is 1. The molecule has 0 bridgehead atoms. The predicted octanol–water partition coefficient (Wildman–Crippen LogP) is 3.18. The molecule has 0 aliphatic heterocycles. The van der Waals surface area contributed by atoms with Crippen LogP contribution in [0, 0.1) is 6.92 Å². The summed E-state index contributed by atoms with van der Waals surface area (Å²) in [6, 6.07) is 4.44. The van der Waals surface area contributed by atoms with Gasteiger partial charge in [0.05, 0.1) is 17.4 Å². The van der Waals surface area contributed by atoms with Gasteiger partial charge in [-0.1, -0.05) is 20.8 Å². The van der Waals surface area contributed by atoms with Crippen molar-refractivity contribution >= 4 is 11.0 Å². The highest BCUT2D eigenvalue weighted by Crippen LogP contribution is 2.28. The Kier molecular flexibility index (Phi) is 2.10. The Hall–Kier alpha value is -1.31. The van der Waals surface area contributed by atoms with Gasteiger partial charge in [0.25, 0.3) is 0 Å². The van der Waals surface area contributed by atoms with Gasteiger partial charge in [-0.2, -0.15) is 0 Å². The van der Waals surface area contributed by atoms with Crippen LogP contribution in [0.3, 0.4) is 0 Å². The minimum absolute atomic E-state index is 0.190. The maximum absolute atomic E-state index is 4.40. The Morgan fingerprint density at radius 2 is 1.87 bits per heavy atom. The van der Waals surface area contributed by atoms with Crippen molar-refractivity contribution in [1.29, 1.82) is 0 Å². The van der Waals surface area contributed by atoms with E-state index in [1.165, 1.54) is 16.6 Å². The van der Waals surface area contributed by atoms with E-state index < -0.39 is 0 Å². The van der Waals surface area contributed by atoms with Crippen LogP contribution in [-0.2, 0) is 12.5 Å². The molecule has 15 heavy (non-hydrogen) atoms. The average Bonchev–Trinajstić information content (AvgIpc) is 2.45. The van der Waals surface area contributed by atoms with Crippen molar-refractivity contribution in [2.45, 2.75) is 33.1 Å². The first-order chi connectivity index (χ1) is 6.89. The van der Waals surface area contributed by atoms with Crippen LogP contribution >= 0.6 is 0 Å². The molecule has 0 aliphatic carbocycles. The minimum atomic E-state index is 0.190. The largest absolute Gasteiger partial charge is 0.334 e. The lowest BCUT2D eigenvalue weighted by atomic mass is 9.84. The van der Waals surface area contributed by atoms with E-state index in [2.05, 4.69) is 49.4 Å². The third-order valence-electron chi connectivity index (χ3n) is 2.88. The molecule has 0 fully saturated rings. The van der Waals surface area contributed by atoms with Crippen molar-refractivity contribution < 1.29 is 0 Å². The van der Waals surface area contributed by atoms with Crippen LogP contribution in [0.25, 0.3) is 11.0 Å². The Balaban J connectivity index is 2.74. The van der Waals surface area contributed by atoms with E-state index in [0.717, 1.165) is 5.52 Å². The summed E-state index contributed by atoms with van der Waals surface area (Å²) in [7, 11) is 2.03. The Morgan fingerprint density at radius 3 is 2.47 bits per heavy atom. The summed E-state index contributed by atoms with van der Waals surface area (Å²) in [6.45, 7) is 8.89. The van der Waals surface area contributed by atoms with Crippen LogP contribution < -0.4 is 0 Å². The van der Waals surface area contributed by atoms with E-state index in [0.29, 0.717) is 0 Å². The third-order valence-corrected chi connectivity index (χ3v) is 2.88. The second-order valence-corrected chi connectivity index (χ2v) is 5.26. The molecule has 1 aromatic carbocycles. The average molecular weight is 202 g/mol. The highest BCUT2D eigenvalue weighted by Gasteiger charge is 2.17. The smallest absolute Gasteiger partial charge is 0.0955 e. The van der Waals surface area contributed by atoms with E-state index >= 15 is 0 Å². The topological polar surface area (TPSA) is 17.8 Å². The highest BCUT2D eigenvalue weighted by atomic mass is 15.0.